The van der Waals surface area contributed by atoms with Gasteiger partial charge >= 0.3 is 0 Å². The van der Waals surface area contributed by atoms with Gasteiger partial charge in [0, 0.05) is 31.9 Å². The summed E-state index contributed by atoms with van der Waals surface area (Å²) in [6.07, 6.45) is 1.70. The molecule has 0 unspecified atom stereocenters. The largest absolute Gasteiger partial charge is 0.351 e. The van der Waals surface area contributed by atoms with E-state index in [1.807, 2.05) is 6.07 Å². The molecule has 0 bridgehead atoms. The third-order valence-electron chi connectivity index (χ3n) is 2.67. The number of anilines is 1. The van der Waals surface area contributed by atoms with Gasteiger partial charge in [-0.2, -0.15) is 5.26 Å². The lowest BCUT2D eigenvalue weighted by atomic mass is 10.2. The van der Waals surface area contributed by atoms with Gasteiger partial charge in [0.15, 0.2) is 0 Å². The van der Waals surface area contributed by atoms with Crippen LogP contribution in [0.1, 0.15) is 12.5 Å². The van der Waals surface area contributed by atoms with Crippen LogP contribution >= 0.6 is 0 Å². The van der Waals surface area contributed by atoms with Crippen molar-refractivity contribution in [3.8, 4) is 6.07 Å². The van der Waals surface area contributed by atoms with E-state index in [0.717, 1.165) is 25.5 Å². The minimum atomic E-state index is 0.431. The third-order valence-corrected chi connectivity index (χ3v) is 2.67. The van der Waals surface area contributed by atoms with Crippen molar-refractivity contribution in [3.05, 3.63) is 23.9 Å². The van der Waals surface area contributed by atoms with Gasteiger partial charge in [-0.1, -0.05) is 0 Å². The lowest BCUT2D eigenvalue weighted by molar-refractivity contribution is 0.497. The molecule has 0 radical (unpaired) electrons. The number of nitriles is 1. The minimum Gasteiger partial charge on any atom is -0.351 e. The summed E-state index contributed by atoms with van der Waals surface area (Å²) in [6, 6.07) is 6.15. The van der Waals surface area contributed by atoms with Crippen molar-refractivity contribution >= 4 is 5.82 Å². The summed E-state index contributed by atoms with van der Waals surface area (Å²) in [5.74, 6) is 0.906. The van der Waals surface area contributed by atoms with Crippen molar-refractivity contribution in [1.29, 1.82) is 5.26 Å². The fourth-order valence-corrected chi connectivity index (χ4v) is 1.83. The second-order valence-electron chi connectivity index (χ2n) is 3.76. The van der Waals surface area contributed by atoms with E-state index < -0.39 is 0 Å². The van der Waals surface area contributed by atoms with E-state index in [0.29, 0.717) is 11.6 Å². The first-order valence-corrected chi connectivity index (χ1v) is 5.15. The number of aromatic nitrogens is 1. The van der Waals surface area contributed by atoms with Crippen LogP contribution in [0, 0.1) is 11.3 Å². The zero-order chi connectivity index (χ0) is 10.7. The highest BCUT2D eigenvalue weighted by Crippen LogP contribution is 2.16. The van der Waals surface area contributed by atoms with Crippen LogP contribution in [0.3, 0.4) is 0 Å². The van der Waals surface area contributed by atoms with Crippen molar-refractivity contribution in [3.63, 3.8) is 0 Å². The topological polar surface area (TPSA) is 52.0 Å². The maximum absolute atomic E-state index is 8.82. The lowest BCUT2D eigenvalue weighted by Gasteiger charge is -2.34. The Morgan fingerprint density at radius 2 is 2.53 bits per heavy atom. The standard InChI is InChI=1S/C11H14N4/c1-9-8-13-4-5-15(9)11-6-10(7-12)2-3-14-11/h2-3,6,9,13H,4-5,8H2,1H3/t9-/m0/s1. The highest BCUT2D eigenvalue weighted by Gasteiger charge is 2.19. The van der Waals surface area contributed by atoms with Crippen molar-refractivity contribution in [2.24, 2.45) is 0 Å². The van der Waals surface area contributed by atoms with Crippen molar-refractivity contribution in [2.75, 3.05) is 24.5 Å². The van der Waals surface area contributed by atoms with Crippen LogP contribution in [-0.2, 0) is 0 Å². The fourth-order valence-electron chi connectivity index (χ4n) is 1.83. The van der Waals surface area contributed by atoms with Gasteiger partial charge in [0.2, 0.25) is 0 Å². The minimum absolute atomic E-state index is 0.431. The summed E-state index contributed by atoms with van der Waals surface area (Å²) in [5.41, 5.74) is 0.672. The Morgan fingerprint density at radius 1 is 1.67 bits per heavy atom. The molecule has 4 nitrogen and oxygen atoms in total. The first-order chi connectivity index (χ1) is 7.31. The number of hydrogen-bond acceptors (Lipinski definition) is 4. The Morgan fingerprint density at radius 3 is 3.27 bits per heavy atom. The summed E-state index contributed by atoms with van der Waals surface area (Å²) in [5, 5.41) is 12.1. The van der Waals surface area contributed by atoms with Crippen LogP contribution in [-0.4, -0.2) is 30.7 Å². The van der Waals surface area contributed by atoms with Gasteiger partial charge in [-0.3, -0.25) is 0 Å². The zero-order valence-electron chi connectivity index (χ0n) is 8.77. The van der Waals surface area contributed by atoms with E-state index in [9.17, 15) is 0 Å². The molecule has 1 atom stereocenters. The number of rotatable bonds is 1. The first kappa shape index (κ1) is 9.94. The fraction of sp³-hybridized carbons (Fsp3) is 0.455. The van der Waals surface area contributed by atoms with E-state index >= 15 is 0 Å². The molecule has 1 aliphatic heterocycles. The molecule has 0 saturated carbocycles. The Balaban J connectivity index is 2.24. The Kier molecular flexibility index (Phi) is 2.84. The predicted octanol–water partition coefficient (Wildman–Crippen LogP) is 0.751. The SMILES string of the molecule is C[C@H]1CNCCN1c1cc(C#N)ccn1. The van der Waals surface area contributed by atoms with E-state index in [2.05, 4.69) is 28.2 Å². The molecule has 1 saturated heterocycles. The van der Waals surface area contributed by atoms with Gasteiger partial charge in [-0.25, -0.2) is 4.98 Å². The zero-order valence-corrected chi connectivity index (χ0v) is 8.77. The molecule has 15 heavy (non-hydrogen) atoms. The molecule has 2 rings (SSSR count). The lowest BCUT2D eigenvalue weighted by Crippen LogP contribution is -2.50. The highest BCUT2D eigenvalue weighted by molar-refractivity contribution is 5.46. The summed E-state index contributed by atoms with van der Waals surface area (Å²) >= 11 is 0. The molecule has 1 fully saturated rings. The number of hydrogen-bond donors (Lipinski definition) is 1. The van der Waals surface area contributed by atoms with Gasteiger partial charge in [0.05, 0.1) is 11.6 Å². The normalized spacial score (nSPS) is 21.1. The summed E-state index contributed by atoms with van der Waals surface area (Å²) in [7, 11) is 0. The van der Waals surface area contributed by atoms with Gasteiger partial charge in [-0.15, -0.1) is 0 Å². The number of nitrogens with zero attached hydrogens (tertiary/aromatic N) is 3. The molecule has 1 N–H and O–H groups in total. The molecule has 0 amide bonds. The average Bonchev–Trinajstić information content (AvgIpc) is 2.30. The van der Waals surface area contributed by atoms with Gasteiger partial charge in [0.25, 0.3) is 0 Å². The summed E-state index contributed by atoms with van der Waals surface area (Å²) in [4.78, 5) is 6.54. The molecule has 0 aromatic carbocycles. The quantitative estimate of drug-likeness (QED) is 0.730. The van der Waals surface area contributed by atoms with Crippen LogP contribution < -0.4 is 10.2 Å². The number of nitrogens with one attached hydrogen (secondary N) is 1. The number of pyridine rings is 1. The Labute approximate surface area is 89.5 Å². The van der Waals surface area contributed by atoms with E-state index in [4.69, 9.17) is 5.26 Å². The molecule has 0 spiro atoms. The van der Waals surface area contributed by atoms with E-state index in [-0.39, 0.29) is 0 Å². The van der Waals surface area contributed by atoms with Crippen LogP contribution in [0.15, 0.2) is 18.3 Å². The maximum Gasteiger partial charge on any atom is 0.130 e. The number of piperazine rings is 1. The Bertz CT molecular complexity index is 382. The molecular weight excluding hydrogens is 188 g/mol. The molecule has 1 aromatic rings. The van der Waals surface area contributed by atoms with Crippen molar-refractivity contribution in [1.82, 2.24) is 10.3 Å². The second kappa shape index (κ2) is 4.28. The predicted molar refractivity (Wildman–Crippen MR) is 58.6 cm³/mol. The average molecular weight is 202 g/mol. The van der Waals surface area contributed by atoms with Crippen LogP contribution in [0.4, 0.5) is 5.82 Å². The van der Waals surface area contributed by atoms with Crippen LogP contribution in [0.5, 0.6) is 0 Å². The van der Waals surface area contributed by atoms with Crippen molar-refractivity contribution in [2.45, 2.75) is 13.0 Å². The smallest absolute Gasteiger partial charge is 0.130 e. The molecule has 78 valence electrons. The van der Waals surface area contributed by atoms with Gasteiger partial charge < -0.3 is 10.2 Å². The third kappa shape index (κ3) is 2.08. The molecule has 4 heteroatoms. The van der Waals surface area contributed by atoms with E-state index in [1.54, 1.807) is 12.3 Å². The molecule has 2 heterocycles. The van der Waals surface area contributed by atoms with E-state index in [1.165, 1.54) is 0 Å². The Hall–Kier alpha value is -1.60. The monoisotopic (exact) mass is 202 g/mol. The summed E-state index contributed by atoms with van der Waals surface area (Å²) in [6.45, 7) is 5.05. The van der Waals surface area contributed by atoms with Crippen molar-refractivity contribution < 1.29 is 0 Å². The first-order valence-electron chi connectivity index (χ1n) is 5.15. The molecule has 0 aliphatic carbocycles. The highest BCUT2D eigenvalue weighted by atomic mass is 15.3. The second-order valence-corrected chi connectivity index (χ2v) is 3.76. The molecular formula is C11H14N4. The molecule has 1 aliphatic rings. The van der Waals surface area contributed by atoms with Gasteiger partial charge in [0.1, 0.15) is 5.82 Å². The maximum atomic E-state index is 8.82. The summed E-state index contributed by atoms with van der Waals surface area (Å²) < 4.78 is 0. The molecule has 1 aromatic heterocycles. The van der Waals surface area contributed by atoms with Gasteiger partial charge in [-0.05, 0) is 19.1 Å². The van der Waals surface area contributed by atoms with Crippen LogP contribution in [0.2, 0.25) is 0 Å². The van der Waals surface area contributed by atoms with Crippen LogP contribution in [0.25, 0.3) is 0 Å².